The molecule has 2 fully saturated rings. The van der Waals surface area contributed by atoms with E-state index in [2.05, 4.69) is 0 Å². The highest BCUT2D eigenvalue weighted by Crippen LogP contribution is 2.32. The van der Waals surface area contributed by atoms with Crippen LogP contribution in [0.1, 0.15) is 39.0 Å². The Morgan fingerprint density at radius 3 is 2.37 bits per heavy atom. The number of methoxy groups -OCH3 is 1. The molecule has 110 valence electrons. The number of ether oxygens (including phenoxy) is 1. The van der Waals surface area contributed by atoms with Crippen molar-refractivity contribution < 1.29 is 17.9 Å². The molecule has 0 aromatic heterocycles. The summed E-state index contributed by atoms with van der Waals surface area (Å²) >= 11 is 0. The van der Waals surface area contributed by atoms with Crippen molar-refractivity contribution in [3.8, 4) is 0 Å². The molecule has 1 heterocycles. The number of nitrogens with zero attached hydrogens (tertiary/aromatic N) is 1. The van der Waals surface area contributed by atoms with Crippen molar-refractivity contribution in [1.29, 1.82) is 0 Å². The lowest BCUT2D eigenvalue weighted by Gasteiger charge is -2.26. The van der Waals surface area contributed by atoms with Gasteiger partial charge in [-0.3, -0.25) is 4.79 Å². The van der Waals surface area contributed by atoms with Crippen LogP contribution in [0.3, 0.4) is 0 Å². The van der Waals surface area contributed by atoms with E-state index in [1.165, 1.54) is 11.4 Å². The molecule has 0 N–H and O–H groups in total. The van der Waals surface area contributed by atoms with Crippen molar-refractivity contribution in [2.24, 2.45) is 11.8 Å². The molecule has 0 amide bonds. The molecule has 0 bridgehead atoms. The highest BCUT2D eigenvalue weighted by Gasteiger charge is 2.43. The summed E-state index contributed by atoms with van der Waals surface area (Å²) in [5.41, 5.74) is 0. The van der Waals surface area contributed by atoms with Crippen molar-refractivity contribution in [2.75, 3.05) is 20.2 Å². The summed E-state index contributed by atoms with van der Waals surface area (Å²) in [6.45, 7) is 2.64. The summed E-state index contributed by atoms with van der Waals surface area (Å²) in [6.07, 6.45) is 4.64. The van der Waals surface area contributed by atoms with Crippen molar-refractivity contribution in [1.82, 2.24) is 4.31 Å². The fourth-order valence-electron chi connectivity index (χ4n) is 3.16. The Morgan fingerprint density at radius 1 is 1.16 bits per heavy atom. The van der Waals surface area contributed by atoms with Gasteiger partial charge in [0, 0.05) is 13.1 Å². The SMILES string of the molecule is COC(=O)C1CN(S(=O)(=O)C2CCCCC2)CC1C. The summed E-state index contributed by atoms with van der Waals surface area (Å²) in [6, 6.07) is 0. The third-order valence-electron chi connectivity index (χ3n) is 4.42. The van der Waals surface area contributed by atoms with E-state index in [-0.39, 0.29) is 29.6 Å². The zero-order valence-corrected chi connectivity index (χ0v) is 12.5. The first kappa shape index (κ1) is 14.8. The second kappa shape index (κ2) is 5.79. The predicted octanol–water partition coefficient (Wildman–Crippen LogP) is 1.39. The Labute approximate surface area is 115 Å². The molecule has 0 aromatic carbocycles. The maximum absolute atomic E-state index is 12.6. The standard InChI is InChI=1S/C13H23NO4S/c1-10-8-14(9-12(10)13(15)18-2)19(16,17)11-6-4-3-5-7-11/h10-12H,3-9H2,1-2H3. The van der Waals surface area contributed by atoms with E-state index < -0.39 is 10.0 Å². The lowest BCUT2D eigenvalue weighted by molar-refractivity contribution is -0.145. The van der Waals surface area contributed by atoms with E-state index in [0.717, 1.165) is 32.1 Å². The average Bonchev–Trinajstić information content (AvgIpc) is 2.81. The quantitative estimate of drug-likeness (QED) is 0.737. The Bertz CT molecular complexity index is 428. The molecule has 0 spiro atoms. The molecule has 2 aliphatic rings. The monoisotopic (exact) mass is 289 g/mol. The fourth-order valence-corrected chi connectivity index (χ4v) is 5.32. The minimum Gasteiger partial charge on any atom is -0.469 e. The first-order chi connectivity index (χ1) is 8.96. The van der Waals surface area contributed by atoms with Crippen molar-refractivity contribution >= 4 is 16.0 Å². The van der Waals surface area contributed by atoms with Gasteiger partial charge in [-0.05, 0) is 18.8 Å². The predicted molar refractivity (Wildman–Crippen MR) is 72.0 cm³/mol. The van der Waals surface area contributed by atoms with E-state index >= 15 is 0 Å². The van der Waals surface area contributed by atoms with Gasteiger partial charge in [0.1, 0.15) is 0 Å². The normalized spacial score (nSPS) is 30.4. The molecule has 19 heavy (non-hydrogen) atoms. The van der Waals surface area contributed by atoms with E-state index in [0.29, 0.717) is 6.54 Å². The molecular weight excluding hydrogens is 266 g/mol. The molecular formula is C13H23NO4S. The molecule has 1 aliphatic carbocycles. The third-order valence-corrected chi connectivity index (χ3v) is 6.75. The molecule has 2 rings (SSSR count). The number of esters is 1. The van der Waals surface area contributed by atoms with Crippen LogP contribution >= 0.6 is 0 Å². The van der Waals surface area contributed by atoms with E-state index in [9.17, 15) is 13.2 Å². The van der Waals surface area contributed by atoms with Crippen LogP contribution in [-0.4, -0.2) is 44.1 Å². The number of hydrogen-bond acceptors (Lipinski definition) is 4. The second-order valence-corrected chi connectivity index (χ2v) is 7.94. The Morgan fingerprint density at radius 2 is 1.79 bits per heavy atom. The minimum absolute atomic E-state index is 0.0332. The Balaban J connectivity index is 2.08. The maximum Gasteiger partial charge on any atom is 0.310 e. The van der Waals surface area contributed by atoms with Crippen LogP contribution in [0.4, 0.5) is 0 Å². The highest BCUT2D eigenvalue weighted by molar-refractivity contribution is 7.89. The molecule has 1 saturated heterocycles. The summed E-state index contributed by atoms with van der Waals surface area (Å²) in [7, 11) is -1.89. The average molecular weight is 289 g/mol. The van der Waals surface area contributed by atoms with Gasteiger partial charge in [-0.15, -0.1) is 0 Å². The van der Waals surface area contributed by atoms with Crippen molar-refractivity contribution in [2.45, 2.75) is 44.3 Å². The number of hydrogen-bond donors (Lipinski definition) is 0. The fraction of sp³-hybridized carbons (Fsp3) is 0.923. The van der Waals surface area contributed by atoms with Crippen molar-refractivity contribution in [3.63, 3.8) is 0 Å². The van der Waals surface area contributed by atoms with Crippen LogP contribution in [0.5, 0.6) is 0 Å². The lowest BCUT2D eigenvalue weighted by atomic mass is 9.99. The van der Waals surface area contributed by atoms with Gasteiger partial charge < -0.3 is 4.74 Å². The maximum atomic E-state index is 12.6. The van der Waals surface area contributed by atoms with Crippen LogP contribution < -0.4 is 0 Å². The molecule has 1 saturated carbocycles. The smallest absolute Gasteiger partial charge is 0.310 e. The summed E-state index contributed by atoms with van der Waals surface area (Å²) in [4.78, 5) is 11.6. The van der Waals surface area contributed by atoms with Gasteiger partial charge in [-0.25, -0.2) is 12.7 Å². The number of carbonyl (C=O) groups is 1. The zero-order valence-electron chi connectivity index (χ0n) is 11.7. The lowest BCUT2D eigenvalue weighted by Crippen LogP contribution is -2.39. The number of rotatable bonds is 3. The molecule has 1 aliphatic heterocycles. The van der Waals surface area contributed by atoms with Crippen LogP contribution in [-0.2, 0) is 19.6 Å². The van der Waals surface area contributed by atoms with E-state index in [1.807, 2.05) is 6.92 Å². The summed E-state index contributed by atoms with van der Waals surface area (Å²) in [5, 5.41) is -0.246. The van der Waals surface area contributed by atoms with Gasteiger partial charge in [0.2, 0.25) is 10.0 Å². The number of sulfonamides is 1. The first-order valence-electron chi connectivity index (χ1n) is 7.03. The van der Waals surface area contributed by atoms with Gasteiger partial charge in [0.25, 0.3) is 0 Å². The molecule has 6 heteroatoms. The van der Waals surface area contributed by atoms with E-state index in [1.54, 1.807) is 0 Å². The van der Waals surface area contributed by atoms with Gasteiger partial charge in [-0.2, -0.15) is 0 Å². The first-order valence-corrected chi connectivity index (χ1v) is 8.54. The van der Waals surface area contributed by atoms with E-state index in [4.69, 9.17) is 4.74 Å². The Kier molecular flexibility index (Phi) is 4.50. The Hall–Kier alpha value is -0.620. The van der Waals surface area contributed by atoms with Crippen LogP contribution in [0.25, 0.3) is 0 Å². The van der Waals surface area contributed by atoms with Gasteiger partial charge >= 0.3 is 5.97 Å². The van der Waals surface area contributed by atoms with Gasteiger partial charge in [0.15, 0.2) is 0 Å². The van der Waals surface area contributed by atoms with Crippen molar-refractivity contribution in [3.05, 3.63) is 0 Å². The minimum atomic E-state index is -3.24. The molecule has 5 nitrogen and oxygen atoms in total. The molecule has 0 radical (unpaired) electrons. The largest absolute Gasteiger partial charge is 0.469 e. The topological polar surface area (TPSA) is 63.7 Å². The van der Waals surface area contributed by atoms with Gasteiger partial charge in [-0.1, -0.05) is 26.2 Å². The summed E-state index contributed by atoms with van der Waals surface area (Å²) < 4.78 is 31.4. The zero-order chi connectivity index (χ0) is 14.0. The van der Waals surface area contributed by atoms with Gasteiger partial charge in [0.05, 0.1) is 18.3 Å². The summed E-state index contributed by atoms with van der Waals surface area (Å²) in [5.74, 6) is -0.581. The molecule has 0 aromatic rings. The second-order valence-electron chi connectivity index (χ2n) is 5.73. The van der Waals surface area contributed by atoms with Crippen LogP contribution in [0.15, 0.2) is 0 Å². The van der Waals surface area contributed by atoms with Crippen LogP contribution in [0, 0.1) is 11.8 Å². The third kappa shape index (κ3) is 2.94. The van der Waals surface area contributed by atoms with Crippen LogP contribution in [0.2, 0.25) is 0 Å². The highest BCUT2D eigenvalue weighted by atomic mass is 32.2. The number of carbonyl (C=O) groups excluding carboxylic acids is 1. The molecule has 2 unspecified atom stereocenters. The molecule has 2 atom stereocenters.